The Balaban J connectivity index is 1.52. The number of nitriles is 1. The minimum absolute atomic E-state index is 0.119. The lowest BCUT2D eigenvalue weighted by molar-refractivity contribution is 0.870. The molecule has 0 aliphatic carbocycles. The van der Waals surface area contributed by atoms with Gasteiger partial charge in [-0.05, 0) is 25.0 Å². The quantitative estimate of drug-likeness (QED) is 0.517. The van der Waals surface area contributed by atoms with Gasteiger partial charge in [-0.2, -0.15) is 5.26 Å². The second-order valence-electron chi connectivity index (χ2n) is 7.05. The molecule has 2 aromatic carbocycles. The van der Waals surface area contributed by atoms with E-state index in [1.165, 1.54) is 11.1 Å². The fraction of sp³-hybridized carbons (Fsp3) is 0.125. The monoisotopic (exact) mass is 392 g/mol. The molecule has 2 heterocycles. The molecule has 146 valence electrons. The highest BCUT2D eigenvalue weighted by Gasteiger charge is 2.09. The van der Waals surface area contributed by atoms with Crippen molar-refractivity contribution in [2.45, 2.75) is 19.9 Å². The number of rotatable bonds is 5. The summed E-state index contributed by atoms with van der Waals surface area (Å²) in [6.45, 7) is 4.20. The zero-order chi connectivity index (χ0) is 20.9. The molecule has 6 nitrogen and oxygen atoms in total. The molecule has 0 saturated heterocycles. The number of anilines is 1. The molecule has 30 heavy (non-hydrogen) atoms. The van der Waals surface area contributed by atoms with Crippen LogP contribution in [0.25, 0.3) is 22.4 Å². The van der Waals surface area contributed by atoms with Crippen molar-refractivity contribution in [1.82, 2.24) is 19.9 Å². The standard InChI is InChI=1S/C24H20N6/c1-16-4-3-5-20(10-16)17(2)29-24-15-26-14-22(30-24)19-8-6-18(7-9-19)21-12-27-23(11-25)28-13-21/h3-10,12-15,17H,1-2H3,(H,29,30)/t17-/m0/s1. The van der Waals surface area contributed by atoms with Gasteiger partial charge in [0.1, 0.15) is 11.9 Å². The van der Waals surface area contributed by atoms with Gasteiger partial charge in [0.2, 0.25) is 5.82 Å². The van der Waals surface area contributed by atoms with Gasteiger partial charge in [-0.1, -0.05) is 54.1 Å². The maximum atomic E-state index is 8.82. The predicted molar refractivity (Wildman–Crippen MR) is 116 cm³/mol. The van der Waals surface area contributed by atoms with Gasteiger partial charge < -0.3 is 5.32 Å². The molecule has 4 rings (SSSR count). The van der Waals surface area contributed by atoms with Crippen molar-refractivity contribution in [2.75, 3.05) is 5.32 Å². The zero-order valence-corrected chi connectivity index (χ0v) is 16.7. The Morgan fingerprint density at radius 2 is 1.63 bits per heavy atom. The van der Waals surface area contributed by atoms with Crippen molar-refractivity contribution in [2.24, 2.45) is 0 Å². The Morgan fingerprint density at radius 1 is 0.900 bits per heavy atom. The van der Waals surface area contributed by atoms with Crippen molar-refractivity contribution in [3.8, 4) is 28.5 Å². The molecule has 6 heteroatoms. The summed E-state index contributed by atoms with van der Waals surface area (Å²) in [5.41, 5.74) is 6.02. The average Bonchev–Trinajstić information content (AvgIpc) is 2.79. The van der Waals surface area contributed by atoms with Gasteiger partial charge in [0.15, 0.2) is 0 Å². The van der Waals surface area contributed by atoms with Crippen molar-refractivity contribution in [3.63, 3.8) is 0 Å². The number of benzene rings is 2. The predicted octanol–water partition coefficient (Wildman–Crippen LogP) is 4.95. The first-order valence-corrected chi connectivity index (χ1v) is 9.60. The van der Waals surface area contributed by atoms with Crippen LogP contribution in [-0.2, 0) is 0 Å². The molecular formula is C24H20N6. The third-order valence-electron chi connectivity index (χ3n) is 4.81. The highest BCUT2D eigenvalue weighted by molar-refractivity contribution is 5.68. The van der Waals surface area contributed by atoms with Crippen molar-refractivity contribution in [1.29, 1.82) is 5.26 Å². The molecule has 1 N–H and O–H groups in total. The summed E-state index contributed by atoms with van der Waals surface area (Å²) in [6, 6.07) is 18.4. The van der Waals surface area contributed by atoms with Gasteiger partial charge in [-0.3, -0.25) is 4.98 Å². The molecule has 0 spiro atoms. The second kappa shape index (κ2) is 8.50. The van der Waals surface area contributed by atoms with Gasteiger partial charge in [0.25, 0.3) is 0 Å². The smallest absolute Gasteiger partial charge is 0.232 e. The number of hydrogen-bond donors (Lipinski definition) is 1. The maximum Gasteiger partial charge on any atom is 0.232 e. The van der Waals surface area contributed by atoms with Crippen LogP contribution >= 0.6 is 0 Å². The van der Waals surface area contributed by atoms with Gasteiger partial charge in [0, 0.05) is 23.5 Å². The van der Waals surface area contributed by atoms with Crippen LogP contribution in [0.5, 0.6) is 0 Å². The fourth-order valence-corrected chi connectivity index (χ4v) is 3.19. The van der Waals surface area contributed by atoms with Crippen LogP contribution in [0.4, 0.5) is 5.82 Å². The first-order valence-electron chi connectivity index (χ1n) is 9.60. The lowest BCUT2D eigenvalue weighted by Crippen LogP contribution is -2.08. The van der Waals surface area contributed by atoms with Crippen LogP contribution in [0.3, 0.4) is 0 Å². The minimum Gasteiger partial charge on any atom is -0.362 e. The summed E-state index contributed by atoms with van der Waals surface area (Å²) in [6.07, 6.45) is 6.79. The summed E-state index contributed by atoms with van der Waals surface area (Å²) >= 11 is 0. The SMILES string of the molecule is Cc1cccc([C@H](C)Nc2cncc(-c3ccc(-c4cnc(C#N)nc4)cc3)n2)c1. The van der Waals surface area contributed by atoms with E-state index in [2.05, 4.69) is 58.4 Å². The summed E-state index contributed by atoms with van der Waals surface area (Å²) < 4.78 is 0. The fourth-order valence-electron chi connectivity index (χ4n) is 3.19. The van der Waals surface area contributed by atoms with Crippen molar-refractivity contribution < 1.29 is 0 Å². The molecular weight excluding hydrogens is 372 g/mol. The minimum atomic E-state index is 0.119. The molecule has 0 unspecified atom stereocenters. The van der Waals surface area contributed by atoms with Gasteiger partial charge >= 0.3 is 0 Å². The van der Waals surface area contributed by atoms with E-state index in [1.54, 1.807) is 24.8 Å². The van der Waals surface area contributed by atoms with E-state index in [1.807, 2.05) is 30.3 Å². The molecule has 2 aromatic heterocycles. The van der Waals surface area contributed by atoms with Crippen LogP contribution in [0.1, 0.15) is 29.9 Å². The Morgan fingerprint density at radius 3 is 2.33 bits per heavy atom. The Bertz CT molecular complexity index is 1190. The van der Waals surface area contributed by atoms with E-state index >= 15 is 0 Å². The molecule has 0 radical (unpaired) electrons. The van der Waals surface area contributed by atoms with Crippen LogP contribution in [0.15, 0.2) is 73.3 Å². The van der Waals surface area contributed by atoms with Crippen molar-refractivity contribution in [3.05, 3.63) is 90.3 Å². The van der Waals surface area contributed by atoms with Crippen LogP contribution in [0.2, 0.25) is 0 Å². The van der Waals surface area contributed by atoms with E-state index in [0.717, 1.165) is 28.2 Å². The normalized spacial score (nSPS) is 11.5. The average molecular weight is 392 g/mol. The number of aryl methyl sites for hydroxylation is 1. The summed E-state index contributed by atoms with van der Waals surface area (Å²) in [7, 11) is 0. The molecule has 0 fully saturated rings. The number of hydrogen-bond acceptors (Lipinski definition) is 6. The first kappa shape index (κ1) is 19.2. The molecule has 1 atom stereocenters. The Kier molecular flexibility index (Phi) is 5.44. The Labute approximate surface area is 175 Å². The highest BCUT2D eigenvalue weighted by Crippen LogP contribution is 2.24. The van der Waals surface area contributed by atoms with E-state index in [0.29, 0.717) is 0 Å². The van der Waals surface area contributed by atoms with Crippen molar-refractivity contribution >= 4 is 5.82 Å². The van der Waals surface area contributed by atoms with E-state index in [9.17, 15) is 0 Å². The van der Waals surface area contributed by atoms with E-state index in [-0.39, 0.29) is 11.9 Å². The summed E-state index contributed by atoms with van der Waals surface area (Å²) in [4.78, 5) is 17.1. The largest absolute Gasteiger partial charge is 0.362 e. The van der Waals surface area contributed by atoms with Crippen LogP contribution in [-0.4, -0.2) is 19.9 Å². The van der Waals surface area contributed by atoms with Gasteiger partial charge in [-0.25, -0.2) is 15.0 Å². The number of nitrogens with one attached hydrogen (secondary N) is 1. The van der Waals surface area contributed by atoms with Gasteiger partial charge in [0.05, 0.1) is 24.1 Å². The Hall–Kier alpha value is -4.11. The third kappa shape index (κ3) is 4.31. The molecule has 0 saturated carbocycles. The molecule has 0 amide bonds. The topological polar surface area (TPSA) is 87.4 Å². The lowest BCUT2D eigenvalue weighted by atomic mass is 10.1. The second-order valence-corrected chi connectivity index (χ2v) is 7.05. The summed E-state index contributed by atoms with van der Waals surface area (Å²) in [5, 5.41) is 12.2. The van der Waals surface area contributed by atoms with E-state index < -0.39 is 0 Å². The molecule has 0 aliphatic heterocycles. The molecule has 0 bridgehead atoms. The number of nitrogens with zero attached hydrogens (tertiary/aromatic N) is 5. The number of aromatic nitrogens is 4. The molecule has 0 aliphatic rings. The van der Waals surface area contributed by atoms with Gasteiger partial charge in [-0.15, -0.1) is 0 Å². The highest BCUT2D eigenvalue weighted by atomic mass is 15.0. The first-order chi connectivity index (χ1) is 14.6. The zero-order valence-electron chi connectivity index (χ0n) is 16.7. The maximum absolute atomic E-state index is 8.82. The van der Waals surface area contributed by atoms with Crippen LogP contribution < -0.4 is 5.32 Å². The molecule has 4 aromatic rings. The summed E-state index contributed by atoms with van der Waals surface area (Å²) in [5.74, 6) is 0.890. The van der Waals surface area contributed by atoms with Crippen LogP contribution in [0, 0.1) is 18.3 Å². The lowest BCUT2D eigenvalue weighted by Gasteiger charge is -2.16. The third-order valence-corrected chi connectivity index (χ3v) is 4.81. The van der Waals surface area contributed by atoms with E-state index in [4.69, 9.17) is 10.2 Å².